The van der Waals surface area contributed by atoms with Crippen molar-refractivity contribution in [1.82, 2.24) is 4.90 Å². The van der Waals surface area contributed by atoms with Crippen molar-refractivity contribution in [1.29, 1.82) is 0 Å². The second-order valence-electron chi connectivity index (χ2n) is 7.06. The van der Waals surface area contributed by atoms with Crippen LogP contribution in [0.3, 0.4) is 0 Å². The van der Waals surface area contributed by atoms with Gasteiger partial charge in [-0.3, -0.25) is 9.59 Å². The fourth-order valence-corrected chi connectivity index (χ4v) is 3.70. The molecule has 2 aromatic carbocycles. The highest BCUT2D eigenvalue weighted by Crippen LogP contribution is 2.41. The lowest BCUT2D eigenvalue weighted by Gasteiger charge is -2.25. The molecule has 3 rings (SSSR count). The highest BCUT2D eigenvalue weighted by atomic mass is 16.5. The van der Waals surface area contributed by atoms with Crippen LogP contribution in [0.1, 0.15) is 24.1 Å². The minimum atomic E-state index is -0.809. The third-order valence-corrected chi connectivity index (χ3v) is 5.24. The Kier molecular flexibility index (Phi) is 7.37. The van der Waals surface area contributed by atoms with Gasteiger partial charge in [-0.05, 0) is 48.9 Å². The first-order valence-corrected chi connectivity index (χ1v) is 10.2. The van der Waals surface area contributed by atoms with E-state index in [-0.39, 0.29) is 24.5 Å². The normalized spacial score (nSPS) is 17.5. The Hall–Kier alpha value is -3.52. The van der Waals surface area contributed by atoms with E-state index in [1.54, 1.807) is 42.5 Å². The third-order valence-electron chi connectivity index (χ3n) is 5.24. The Balaban J connectivity index is 2.14. The van der Waals surface area contributed by atoms with Gasteiger partial charge >= 0.3 is 0 Å². The first-order valence-electron chi connectivity index (χ1n) is 10.2. The Bertz CT molecular complexity index is 1010. The van der Waals surface area contributed by atoms with E-state index in [0.717, 1.165) is 0 Å². The summed E-state index contributed by atoms with van der Waals surface area (Å²) in [6.07, 6.45) is 0. The number of likely N-dealkylation sites (tertiary alicyclic amines) is 1. The van der Waals surface area contributed by atoms with Gasteiger partial charge in [0.2, 0.25) is 0 Å². The average Bonchev–Trinajstić information content (AvgIpc) is 3.07. The number of methoxy groups -OCH3 is 3. The van der Waals surface area contributed by atoms with Crippen LogP contribution in [-0.4, -0.2) is 62.8 Å². The van der Waals surface area contributed by atoms with E-state index in [1.165, 1.54) is 26.2 Å². The van der Waals surface area contributed by atoms with Gasteiger partial charge < -0.3 is 29.0 Å². The lowest BCUT2D eigenvalue weighted by Crippen LogP contribution is -2.32. The van der Waals surface area contributed by atoms with Crippen molar-refractivity contribution in [3.8, 4) is 17.2 Å². The Morgan fingerprint density at radius 3 is 2.28 bits per heavy atom. The highest BCUT2D eigenvalue weighted by molar-refractivity contribution is 6.46. The Morgan fingerprint density at radius 2 is 1.69 bits per heavy atom. The molecular formula is C24H27NO7. The quantitative estimate of drug-likeness (QED) is 0.363. The minimum Gasteiger partial charge on any atom is -0.507 e. The van der Waals surface area contributed by atoms with Crippen LogP contribution in [0.15, 0.2) is 48.0 Å². The Labute approximate surface area is 187 Å². The first-order chi connectivity index (χ1) is 15.5. The zero-order chi connectivity index (χ0) is 23.3. The van der Waals surface area contributed by atoms with E-state index >= 15 is 0 Å². The zero-order valence-electron chi connectivity index (χ0n) is 18.6. The number of carbonyl (C=O) groups is 2. The third kappa shape index (κ3) is 4.40. The molecule has 0 unspecified atom stereocenters. The summed E-state index contributed by atoms with van der Waals surface area (Å²) in [6.45, 7) is 2.80. The summed E-state index contributed by atoms with van der Waals surface area (Å²) < 4.78 is 21.3. The fraction of sp³-hybridized carbons (Fsp3) is 0.333. The fourth-order valence-electron chi connectivity index (χ4n) is 3.70. The number of benzene rings is 2. The number of carbonyl (C=O) groups excluding carboxylic acids is 2. The van der Waals surface area contributed by atoms with Crippen molar-refractivity contribution in [3.63, 3.8) is 0 Å². The average molecular weight is 441 g/mol. The molecule has 0 radical (unpaired) electrons. The standard InChI is InChI=1S/C24H27NO7/c1-5-32-17-9-6-15(7-10-17)22(26)20-21(25(12-13-29-2)24(28)23(20)27)16-8-11-18(30-3)19(14-16)31-4/h6-11,14,21,26H,5,12-13H2,1-4H3/b22-20+/t21-/m0/s1. The summed E-state index contributed by atoms with van der Waals surface area (Å²) in [4.78, 5) is 27.2. The second-order valence-corrected chi connectivity index (χ2v) is 7.06. The summed E-state index contributed by atoms with van der Waals surface area (Å²) in [5, 5.41) is 11.1. The van der Waals surface area contributed by atoms with Crippen LogP contribution < -0.4 is 14.2 Å². The van der Waals surface area contributed by atoms with E-state index in [9.17, 15) is 14.7 Å². The molecule has 0 spiro atoms. The van der Waals surface area contributed by atoms with Gasteiger partial charge in [-0.1, -0.05) is 6.07 Å². The van der Waals surface area contributed by atoms with Gasteiger partial charge in [-0.15, -0.1) is 0 Å². The molecule has 8 nitrogen and oxygen atoms in total. The van der Waals surface area contributed by atoms with E-state index in [4.69, 9.17) is 18.9 Å². The lowest BCUT2D eigenvalue weighted by molar-refractivity contribution is -0.140. The smallest absolute Gasteiger partial charge is 0.295 e. The molecule has 1 aliphatic rings. The monoisotopic (exact) mass is 441 g/mol. The Morgan fingerprint density at radius 1 is 1.00 bits per heavy atom. The van der Waals surface area contributed by atoms with Crippen LogP contribution in [0, 0.1) is 0 Å². The van der Waals surface area contributed by atoms with E-state index in [2.05, 4.69) is 0 Å². The van der Waals surface area contributed by atoms with Crippen molar-refractivity contribution in [3.05, 3.63) is 59.2 Å². The molecule has 0 saturated carbocycles. The van der Waals surface area contributed by atoms with Gasteiger partial charge in [0.05, 0.1) is 39.0 Å². The summed E-state index contributed by atoms with van der Waals surface area (Å²) in [7, 11) is 4.54. The van der Waals surface area contributed by atoms with Gasteiger partial charge in [0.15, 0.2) is 11.5 Å². The number of rotatable bonds is 9. The van der Waals surface area contributed by atoms with Crippen LogP contribution in [-0.2, 0) is 14.3 Å². The van der Waals surface area contributed by atoms with Gasteiger partial charge in [-0.25, -0.2) is 0 Å². The number of hydrogen-bond donors (Lipinski definition) is 1. The molecule has 1 aliphatic heterocycles. The summed E-state index contributed by atoms with van der Waals surface area (Å²) in [5.41, 5.74) is 1.01. The van der Waals surface area contributed by atoms with E-state index < -0.39 is 17.7 Å². The van der Waals surface area contributed by atoms with Gasteiger partial charge in [0.1, 0.15) is 11.5 Å². The second kappa shape index (κ2) is 10.2. The van der Waals surface area contributed by atoms with Crippen LogP contribution in [0.2, 0.25) is 0 Å². The minimum absolute atomic E-state index is 0.00230. The van der Waals surface area contributed by atoms with Crippen molar-refractivity contribution in [2.45, 2.75) is 13.0 Å². The van der Waals surface area contributed by atoms with Gasteiger partial charge in [0.25, 0.3) is 11.7 Å². The number of aliphatic hydroxyl groups excluding tert-OH is 1. The van der Waals surface area contributed by atoms with Crippen molar-refractivity contribution in [2.24, 2.45) is 0 Å². The number of amides is 1. The molecule has 1 atom stereocenters. The van der Waals surface area contributed by atoms with Gasteiger partial charge in [0, 0.05) is 19.2 Å². The number of Topliss-reactive ketones (excluding diaryl/α,β-unsaturated/α-hetero) is 1. The van der Waals surface area contributed by atoms with Crippen LogP contribution >= 0.6 is 0 Å². The van der Waals surface area contributed by atoms with Crippen LogP contribution in [0.4, 0.5) is 0 Å². The molecule has 1 amide bonds. The zero-order valence-corrected chi connectivity index (χ0v) is 18.6. The molecule has 0 aromatic heterocycles. The topological polar surface area (TPSA) is 94.5 Å². The molecule has 1 saturated heterocycles. The molecule has 170 valence electrons. The highest BCUT2D eigenvalue weighted by Gasteiger charge is 2.46. The number of ketones is 1. The molecular weight excluding hydrogens is 414 g/mol. The lowest BCUT2D eigenvalue weighted by atomic mass is 9.95. The number of aliphatic hydroxyl groups is 1. The number of ether oxygens (including phenoxy) is 4. The van der Waals surface area contributed by atoms with Crippen molar-refractivity contribution >= 4 is 17.4 Å². The van der Waals surface area contributed by atoms with Gasteiger partial charge in [-0.2, -0.15) is 0 Å². The molecule has 0 bridgehead atoms. The van der Waals surface area contributed by atoms with Crippen LogP contribution in [0.25, 0.3) is 5.76 Å². The predicted octanol–water partition coefficient (Wildman–Crippen LogP) is 3.17. The molecule has 8 heteroatoms. The maximum Gasteiger partial charge on any atom is 0.295 e. The van der Waals surface area contributed by atoms with E-state index in [0.29, 0.717) is 35.0 Å². The van der Waals surface area contributed by atoms with Crippen molar-refractivity contribution < 1.29 is 33.6 Å². The molecule has 1 N–H and O–H groups in total. The summed E-state index contributed by atoms with van der Waals surface area (Å²) in [6, 6.07) is 11.0. The maximum absolute atomic E-state index is 13.0. The largest absolute Gasteiger partial charge is 0.507 e. The first kappa shape index (κ1) is 23.1. The maximum atomic E-state index is 13.0. The molecule has 32 heavy (non-hydrogen) atoms. The summed E-state index contributed by atoms with van der Waals surface area (Å²) in [5.74, 6) is -0.117. The summed E-state index contributed by atoms with van der Waals surface area (Å²) >= 11 is 0. The molecule has 1 fully saturated rings. The van der Waals surface area contributed by atoms with Crippen molar-refractivity contribution in [2.75, 3.05) is 41.1 Å². The number of nitrogens with zero attached hydrogens (tertiary/aromatic N) is 1. The SMILES string of the molecule is CCOc1ccc(/C(O)=C2\C(=O)C(=O)N(CCOC)[C@H]2c2ccc(OC)c(OC)c2)cc1. The molecule has 2 aromatic rings. The van der Waals surface area contributed by atoms with E-state index in [1.807, 2.05) is 6.92 Å². The molecule has 0 aliphatic carbocycles. The predicted molar refractivity (Wildman–Crippen MR) is 118 cm³/mol. The molecule has 1 heterocycles. The van der Waals surface area contributed by atoms with Crippen LogP contribution in [0.5, 0.6) is 17.2 Å². The number of hydrogen-bond acceptors (Lipinski definition) is 7.